The summed E-state index contributed by atoms with van der Waals surface area (Å²) in [7, 11) is 0. The van der Waals surface area contributed by atoms with Gasteiger partial charge in [0.1, 0.15) is 5.75 Å². The predicted molar refractivity (Wildman–Crippen MR) is 85.4 cm³/mol. The van der Waals surface area contributed by atoms with Crippen LogP contribution in [0.1, 0.15) is 11.3 Å². The van der Waals surface area contributed by atoms with Gasteiger partial charge in [0.05, 0.1) is 19.6 Å². The zero-order valence-corrected chi connectivity index (χ0v) is 13.7. The van der Waals surface area contributed by atoms with E-state index in [0.717, 1.165) is 9.35 Å². The maximum Gasteiger partial charge on any atom is 0.223 e. The van der Waals surface area contributed by atoms with Crippen LogP contribution in [0.4, 0.5) is 0 Å². The van der Waals surface area contributed by atoms with Gasteiger partial charge in [-0.15, -0.1) is 11.3 Å². The average Bonchev–Trinajstić information content (AvgIpc) is 2.85. The van der Waals surface area contributed by atoms with Crippen molar-refractivity contribution in [1.82, 2.24) is 5.32 Å². The Kier molecular flexibility index (Phi) is 5.88. The van der Waals surface area contributed by atoms with Crippen molar-refractivity contribution in [3.63, 3.8) is 0 Å². The van der Waals surface area contributed by atoms with E-state index in [9.17, 15) is 4.79 Å². The Balaban J connectivity index is 1.66. The smallest absolute Gasteiger partial charge is 0.223 e. The van der Waals surface area contributed by atoms with Crippen LogP contribution in [0, 0.1) is 0 Å². The molecule has 2 aromatic rings. The highest BCUT2D eigenvalue weighted by atomic mass is 79.9. The molecule has 0 aliphatic heterocycles. The Morgan fingerprint density at radius 2 is 2.10 bits per heavy atom. The molecule has 1 N–H and O–H groups in total. The molecule has 0 fully saturated rings. The fourth-order valence-corrected chi connectivity index (χ4v) is 3.03. The number of rotatable bonds is 6. The van der Waals surface area contributed by atoms with E-state index in [2.05, 4.69) is 21.2 Å². The lowest BCUT2D eigenvalue weighted by Crippen LogP contribution is -2.23. The Morgan fingerprint density at radius 3 is 2.75 bits per heavy atom. The molecule has 0 saturated heterocycles. The van der Waals surface area contributed by atoms with Gasteiger partial charge in [0.2, 0.25) is 5.91 Å². The first kappa shape index (κ1) is 15.4. The Hall–Kier alpha value is -1.04. The van der Waals surface area contributed by atoms with E-state index in [0.29, 0.717) is 30.3 Å². The number of hydrogen-bond donors (Lipinski definition) is 1. The van der Waals surface area contributed by atoms with Crippen molar-refractivity contribution in [2.75, 3.05) is 6.61 Å². The standard InChI is InChI=1S/C14H13BrClNO2S/c15-10-7-13(20-9-10)8-17-14(18)5-6-19-12-3-1-11(16)2-4-12/h1-4,7,9H,5-6,8H2,(H,17,18). The summed E-state index contributed by atoms with van der Waals surface area (Å²) in [5.41, 5.74) is 0. The molecule has 0 atom stereocenters. The van der Waals surface area contributed by atoms with Gasteiger partial charge >= 0.3 is 0 Å². The van der Waals surface area contributed by atoms with Crippen LogP contribution in [0.15, 0.2) is 40.2 Å². The third kappa shape index (κ3) is 5.15. The van der Waals surface area contributed by atoms with Gasteiger partial charge in [-0.2, -0.15) is 0 Å². The van der Waals surface area contributed by atoms with Crippen molar-refractivity contribution in [2.24, 2.45) is 0 Å². The maximum atomic E-state index is 11.6. The van der Waals surface area contributed by atoms with Gasteiger partial charge in [0.15, 0.2) is 0 Å². The van der Waals surface area contributed by atoms with Crippen LogP contribution in [0.3, 0.4) is 0 Å². The van der Waals surface area contributed by atoms with Crippen LogP contribution in [-0.2, 0) is 11.3 Å². The minimum atomic E-state index is -0.0246. The number of carbonyl (C=O) groups is 1. The number of ether oxygens (including phenoxy) is 1. The second-order valence-electron chi connectivity index (χ2n) is 4.06. The molecule has 0 aliphatic rings. The number of hydrogen-bond acceptors (Lipinski definition) is 3. The number of halogens is 2. The first-order chi connectivity index (χ1) is 9.63. The molecule has 1 heterocycles. The molecule has 6 heteroatoms. The third-order valence-electron chi connectivity index (χ3n) is 2.49. The number of amides is 1. The van der Waals surface area contributed by atoms with E-state index in [1.54, 1.807) is 35.6 Å². The number of thiophene rings is 1. The molecular formula is C14H13BrClNO2S. The van der Waals surface area contributed by atoms with E-state index in [4.69, 9.17) is 16.3 Å². The van der Waals surface area contributed by atoms with Crippen LogP contribution in [-0.4, -0.2) is 12.5 Å². The topological polar surface area (TPSA) is 38.3 Å². The zero-order chi connectivity index (χ0) is 14.4. The highest BCUT2D eigenvalue weighted by molar-refractivity contribution is 9.10. The van der Waals surface area contributed by atoms with Gasteiger partial charge in [-0.05, 0) is 46.3 Å². The SMILES string of the molecule is O=C(CCOc1ccc(Cl)cc1)NCc1cc(Br)cs1. The average molecular weight is 375 g/mol. The van der Waals surface area contributed by atoms with Crippen LogP contribution in [0.2, 0.25) is 5.02 Å². The first-order valence-corrected chi connectivity index (χ1v) is 8.06. The summed E-state index contributed by atoms with van der Waals surface area (Å²) >= 11 is 10.8. The molecule has 20 heavy (non-hydrogen) atoms. The van der Waals surface area contributed by atoms with E-state index >= 15 is 0 Å². The van der Waals surface area contributed by atoms with E-state index in [1.807, 2.05) is 11.4 Å². The molecule has 1 aromatic heterocycles. The van der Waals surface area contributed by atoms with Crippen molar-refractivity contribution in [2.45, 2.75) is 13.0 Å². The van der Waals surface area contributed by atoms with Crippen molar-refractivity contribution < 1.29 is 9.53 Å². The second-order valence-corrected chi connectivity index (χ2v) is 6.41. The predicted octanol–water partition coefficient (Wildman–Crippen LogP) is 4.25. The largest absolute Gasteiger partial charge is 0.493 e. The molecule has 2 rings (SSSR count). The highest BCUT2D eigenvalue weighted by Gasteiger charge is 2.03. The second kappa shape index (κ2) is 7.67. The van der Waals surface area contributed by atoms with Crippen molar-refractivity contribution in [3.8, 4) is 5.75 Å². The molecule has 106 valence electrons. The Bertz CT molecular complexity index is 571. The monoisotopic (exact) mass is 373 g/mol. The molecule has 0 saturated carbocycles. The minimum Gasteiger partial charge on any atom is -0.493 e. The lowest BCUT2D eigenvalue weighted by atomic mass is 10.3. The molecule has 0 bridgehead atoms. The quantitative estimate of drug-likeness (QED) is 0.821. The molecule has 0 radical (unpaired) electrons. The van der Waals surface area contributed by atoms with Crippen LogP contribution < -0.4 is 10.1 Å². The zero-order valence-electron chi connectivity index (χ0n) is 10.6. The lowest BCUT2D eigenvalue weighted by Gasteiger charge is -2.06. The third-order valence-corrected chi connectivity index (χ3v) is 4.44. The lowest BCUT2D eigenvalue weighted by molar-refractivity contribution is -0.121. The summed E-state index contributed by atoms with van der Waals surface area (Å²) in [6.45, 7) is 0.900. The fraction of sp³-hybridized carbons (Fsp3) is 0.214. The first-order valence-electron chi connectivity index (χ1n) is 6.01. The summed E-state index contributed by atoms with van der Waals surface area (Å²) in [6, 6.07) is 9.07. The summed E-state index contributed by atoms with van der Waals surface area (Å²) in [5, 5.41) is 5.51. The van der Waals surface area contributed by atoms with Crippen LogP contribution >= 0.6 is 38.9 Å². The van der Waals surface area contributed by atoms with E-state index < -0.39 is 0 Å². The van der Waals surface area contributed by atoms with Crippen molar-refractivity contribution in [1.29, 1.82) is 0 Å². The molecule has 1 amide bonds. The molecular weight excluding hydrogens is 362 g/mol. The maximum absolute atomic E-state index is 11.6. The summed E-state index contributed by atoms with van der Waals surface area (Å²) in [6.07, 6.45) is 0.329. The van der Waals surface area contributed by atoms with Crippen molar-refractivity contribution >= 4 is 44.8 Å². The van der Waals surface area contributed by atoms with Gasteiger partial charge in [0, 0.05) is 19.8 Å². The summed E-state index contributed by atoms with van der Waals surface area (Å²) in [5.74, 6) is 0.688. The highest BCUT2D eigenvalue weighted by Crippen LogP contribution is 2.19. The van der Waals surface area contributed by atoms with Crippen molar-refractivity contribution in [3.05, 3.63) is 50.1 Å². The minimum absolute atomic E-state index is 0.0246. The van der Waals surface area contributed by atoms with E-state index in [1.165, 1.54) is 0 Å². The molecule has 3 nitrogen and oxygen atoms in total. The molecule has 0 unspecified atom stereocenters. The summed E-state index contributed by atoms with van der Waals surface area (Å²) < 4.78 is 6.50. The Morgan fingerprint density at radius 1 is 1.35 bits per heavy atom. The van der Waals surface area contributed by atoms with Gasteiger partial charge in [0.25, 0.3) is 0 Å². The molecule has 0 spiro atoms. The van der Waals surface area contributed by atoms with Crippen LogP contribution in [0.25, 0.3) is 0 Å². The van der Waals surface area contributed by atoms with Crippen LogP contribution in [0.5, 0.6) is 5.75 Å². The normalized spacial score (nSPS) is 10.3. The summed E-state index contributed by atoms with van der Waals surface area (Å²) in [4.78, 5) is 12.8. The number of benzene rings is 1. The van der Waals surface area contributed by atoms with Gasteiger partial charge in [-0.3, -0.25) is 4.79 Å². The number of carbonyl (C=O) groups excluding carboxylic acids is 1. The number of nitrogens with one attached hydrogen (secondary N) is 1. The fourth-order valence-electron chi connectivity index (χ4n) is 1.51. The molecule has 0 aliphatic carbocycles. The van der Waals surface area contributed by atoms with Gasteiger partial charge < -0.3 is 10.1 Å². The Labute approximate surface area is 135 Å². The van der Waals surface area contributed by atoms with Gasteiger partial charge in [-0.25, -0.2) is 0 Å². The van der Waals surface area contributed by atoms with E-state index in [-0.39, 0.29) is 5.91 Å². The molecule has 1 aromatic carbocycles. The van der Waals surface area contributed by atoms with Gasteiger partial charge in [-0.1, -0.05) is 11.6 Å².